The van der Waals surface area contributed by atoms with Crippen LogP contribution in [0.1, 0.15) is 30.9 Å². The summed E-state index contributed by atoms with van der Waals surface area (Å²) in [6.07, 6.45) is 1.98. The number of para-hydroxylation sites is 1. The minimum absolute atomic E-state index is 0.162. The minimum Gasteiger partial charge on any atom is -0.337 e. The topological polar surface area (TPSA) is 96.5 Å². The summed E-state index contributed by atoms with van der Waals surface area (Å²) in [5.74, 6) is 0.235. The van der Waals surface area contributed by atoms with Crippen LogP contribution in [0, 0.1) is 31.1 Å². The van der Waals surface area contributed by atoms with Crippen LogP contribution in [0.25, 0.3) is 5.69 Å². The van der Waals surface area contributed by atoms with Gasteiger partial charge in [-0.05, 0) is 61.1 Å². The SMILES string of the molecule is Cc1cccc(C)c1-n1nnnc1SCC(=O)N[C@@](C)(C#N)C1CC1. The number of hydrogen-bond acceptors (Lipinski definition) is 6. The minimum atomic E-state index is -0.782. The smallest absolute Gasteiger partial charge is 0.231 e. The Balaban J connectivity index is 1.70. The number of nitrogens with one attached hydrogen (secondary N) is 1. The third-order valence-corrected chi connectivity index (χ3v) is 5.37. The van der Waals surface area contributed by atoms with E-state index in [-0.39, 0.29) is 17.6 Å². The number of nitrogens with zero attached hydrogens (tertiary/aromatic N) is 5. The molecule has 1 atom stereocenters. The van der Waals surface area contributed by atoms with Crippen LogP contribution in [0.5, 0.6) is 0 Å². The van der Waals surface area contributed by atoms with Crippen LogP contribution < -0.4 is 5.32 Å². The number of carbonyl (C=O) groups is 1. The number of thioether (sulfide) groups is 1. The molecule has 130 valence electrons. The van der Waals surface area contributed by atoms with Crippen molar-refractivity contribution in [1.82, 2.24) is 25.5 Å². The van der Waals surface area contributed by atoms with Gasteiger partial charge in [-0.2, -0.15) is 9.94 Å². The molecule has 8 heteroatoms. The van der Waals surface area contributed by atoms with E-state index in [4.69, 9.17) is 0 Å². The highest BCUT2D eigenvalue weighted by Crippen LogP contribution is 2.39. The predicted molar refractivity (Wildman–Crippen MR) is 94.2 cm³/mol. The van der Waals surface area contributed by atoms with Crippen LogP contribution in [-0.4, -0.2) is 37.4 Å². The summed E-state index contributed by atoms with van der Waals surface area (Å²) in [4.78, 5) is 12.3. The first-order chi connectivity index (χ1) is 11.9. The number of aryl methyl sites for hydroxylation is 2. The number of benzene rings is 1. The standard InChI is InChI=1S/C17H20N6OS/c1-11-5-4-6-12(2)15(11)23-16(20-21-22-23)25-9-14(24)19-17(3,10-18)13-7-8-13/h4-6,13H,7-9H2,1-3H3,(H,19,24)/t17-/m0/s1. The fraction of sp³-hybridized carbons (Fsp3) is 0.471. The molecule has 0 radical (unpaired) electrons. The molecule has 1 amide bonds. The Morgan fingerprint density at radius 2 is 2.12 bits per heavy atom. The first-order valence-corrected chi connectivity index (χ1v) is 9.13. The Bertz CT molecular complexity index is 818. The van der Waals surface area contributed by atoms with Gasteiger partial charge in [-0.25, -0.2) is 0 Å². The first-order valence-electron chi connectivity index (χ1n) is 8.14. The molecule has 1 aromatic heterocycles. The molecule has 1 aliphatic rings. The van der Waals surface area contributed by atoms with Crippen LogP contribution >= 0.6 is 11.8 Å². The zero-order chi connectivity index (χ0) is 18.0. The van der Waals surface area contributed by atoms with Crippen LogP contribution in [-0.2, 0) is 4.79 Å². The van der Waals surface area contributed by atoms with Gasteiger partial charge in [0, 0.05) is 0 Å². The molecule has 25 heavy (non-hydrogen) atoms. The van der Waals surface area contributed by atoms with Crippen molar-refractivity contribution in [2.24, 2.45) is 5.92 Å². The van der Waals surface area contributed by atoms with Crippen molar-refractivity contribution >= 4 is 17.7 Å². The fourth-order valence-corrected chi connectivity index (χ4v) is 3.56. The number of tetrazole rings is 1. The van der Waals surface area contributed by atoms with Gasteiger partial charge in [-0.1, -0.05) is 30.0 Å². The van der Waals surface area contributed by atoms with E-state index in [1.807, 2.05) is 32.0 Å². The Morgan fingerprint density at radius 3 is 2.72 bits per heavy atom. The molecule has 1 heterocycles. The van der Waals surface area contributed by atoms with Crippen molar-refractivity contribution in [1.29, 1.82) is 5.26 Å². The highest BCUT2D eigenvalue weighted by Gasteiger charge is 2.42. The monoisotopic (exact) mass is 356 g/mol. The Hall–Kier alpha value is -2.40. The molecule has 1 saturated carbocycles. The van der Waals surface area contributed by atoms with Crippen molar-refractivity contribution in [2.75, 3.05) is 5.75 Å². The summed E-state index contributed by atoms with van der Waals surface area (Å²) in [6, 6.07) is 8.21. The average molecular weight is 356 g/mol. The third-order valence-electron chi connectivity index (χ3n) is 4.45. The zero-order valence-corrected chi connectivity index (χ0v) is 15.3. The number of aromatic nitrogens is 4. The van der Waals surface area contributed by atoms with Gasteiger partial charge >= 0.3 is 0 Å². The Morgan fingerprint density at radius 1 is 1.44 bits per heavy atom. The van der Waals surface area contributed by atoms with E-state index in [2.05, 4.69) is 26.9 Å². The van der Waals surface area contributed by atoms with E-state index in [0.717, 1.165) is 29.7 Å². The summed E-state index contributed by atoms with van der Waals surface area (Å²) in [6.45, 7) is 5.78. The molecule has 0 spiro atoms. The van der Waals surface area contributed by atoms with Gasteiger partial charge in [-0.15, -0.1) is 5.10 Å². The zero-order valence-electron chi connectivity index (χ0n) is 14.5. The van der Waals surface area contributed by atoms with Gasteiger partial charge in [-0.3, -0.25) is 4.79 Å². The number of hydrogen-bond donors (Lipinski definition) is 1. The summed E-state index contributed by atoms with van der Waals surface area (Å²) in [5.41, 5.74) is 2.26. The van der Waals surface area contributed by atoms with Gasteiger partial charge < -0.3 is 5.32 Å². The maximum Gasteiger partial charge on any atom is 0.231 e. The molecular weight excluding hydrogens is 336 g/mol. The van der Waals surface area contributed by atoms with Crippen LogP contribution in [0.4, 0.5) is 0 Å². The van der Waals surface area contributed by atoms with E-state index >= 15 is 0 Å². The molecule has 0 bridgehead atoms. The molecule has 0 aliphatic heterocycles. The summed E-state index contributed by atoms with van der Waals surface area (Å²) < 4.78 is 1.66. The number of amides is 1. The number of rotatable bonds is 6. The maximum atomic E-state index is 12.3. The predicted octanol–water partition coefficient (Wildman–Crippen LogP) is 2.18. The molecule has 3 rings (SSSR count). The summed E-state index contributed by atoms with van der Waals surface area (Å²) >= 11 is 1.26. The van der Waals surface area contributed by atoms with Crippen LogP contribution in [0.3, 0.4) is 0 Å². The van der Waals surface area contributed by atoms with Crippen LogP contribution in [0.2, 0.25) is 0 Å². The van der Waals surface area contributed by atoms with Crippen LogP contribution in [0.15, 0.2) is 23.4 Å². The lowest BCUT2D eigenvalue weighted by Gasteiger charge is -2.22. The lowest BCUT2D eigenvalue weighted by atomic mass is 9.98. The first kappa shape index (κ1) is 17.4. The summed E-state index contributed by atoms with van der Waals surface area (Å²) in [5, 5.41) is 24.6. The summed E-state index contributed by atoms with van der Waals surface area (Å²) in [7, 11) is 0. The van der Waals surface area contributed by atoms with Gasteiger partial charge in [0.25, 0.3) is 0 Å². The lowest BCUT2D eigenvalue weighted by Crippen LogP contribution is -2.47. The van der Waals surface area contributed by atoms with Crippen molar-refractivity contribution in [3.63, 3.8) is 0 Å². The van der Waals surface area contributed by atoms with Crippen molar-refractivity contribution in [2.45, 2.75) is 44.3 Å². The quantitative estimate of drug-likeness (QED) is 0.797. The number of carbonyl (C=O) groups excluding carboxylic acids is 1. The van der Waals surface area contributed by atoms with Gasteiger partial charge in [0.2, 0.25) is 11.1 Å². The van der Waals surface area contributed by atoms with Gasteiger partial charge in [0.1, 0.15) is 5.54 Å². The second-order valence-electron chi connectivity index (χ2n) is 6.54. The van der Waals surface area contributed by atoms with E-state index in [1.54, 1.807) is 11.6 Å². The average Bonchev–Trinajstić information content (AvgIpc) is 3.34. The van der Waals surface area contributed by atoms with Gasteiger partial charge in [0.05, 0.1) is 17.5 Å². The fourth-order valence-electron chi connectivity index (χ4n) is 2.89. The van der Waals surface area contributed by atoms with E-state index < -0.39 is 5.54 Å². The molecule has 1 aromatic carbocycles. The van der Waals surface area contributed by atoms with E-state index in [1.165, 1.54) is 11.8 Å². The van der Waals surface area contributed by atoms with Crippen molar-refractivity contribution in [3.05, 3.63) is 29.3 Å². The highest BCUT2D eigenvalue weighted by molar-refractivity contribution is 7.99. The molecule has 1 N–H and O–H groups in total. The Labute approximate surface area is 150 Å². The molecule has 1 aliphatic carbocycles. The van der Waals surface area contributed by atoms with E-state index in [0.29, 0.717) is 5.16 Å². The maximum absolute atomic E-state index is 12.3. The number of nitriles is 1. The third kappa shape index (κ3) is 3.66. The molecule has 2 aromatic rings. The van der Waals surface area contributed by atoms with Crippen molar-refractivity contribution in [3.8, 4) is 11.8 Å². The van der Waals surface area contributed by atoms with Gasteiger partial charge in [0.15, 0.2) is 0 Å². The molecule has 0 saturated heterocycles. The normalized spacial score (nSPS) is 16.1. The molecule has 7 nitrogen and oxygen atoms in total. The lowest BCUT2D eigenvalue weighted by molar-refractivity contribution is -0.119. The molecule has 0 unspecified atom stereocenters. The highest BCUT2D eigenvalue weighted by atomic mass is 32.2. The van der Waals surface area contributed by atoms with E-state index in [9.17, 15) is 10.1 Å². The molecule has 1 fully saturated rings. The largest absolute Gasteiger partial charge is 0.337 e. The van der Waals surface area contributed by atoms with Crippen molar-refractivity contribution < 1.29 is 4.79 Å². The molecular formula is C17H20N6OS. The second-order valence-corrected chi connectivity index (χ2v) is 7.48. The Kier molecular flexibility index (Phi) is 4.77. The second kappa shape index (κ2) is 6.84.